The van der Waals surface area contributed by atoms with Gasteiger partial charge >= 0.3 is 5.97 Å². The zero-order valence-corrected chi connectivity index (χ0v) is 8.50. The highest BCUT2D eigenvalue weighted by molar-refractivity contribution is 7.16. The first kappa shape index (κ1) is 8.67. The molecule has 76 valence electrons. The highest BCUT2D eigenvalue weighted by Crippen LogP contribution is 2.37. The van der Waals surface area contributed by atoms with Gasteiger partial charge in [-0.15, -0.1) is 11.3 Å². The third kappa shape index (κ3) is 1.13. The number of fused-ring (bicyclic) bond motifs is 3. The number of benzene rings is 1. The van der Waals surface area contributed by atoms with Gasteiger partial charge in [0.15, 0.2) is 5.75 Å². The van der Waals surface area contributed by atoms with Gasteiger partial charge in [0.05, 0.1) is 22.4 Å². The lowest BCUT2D eigenvalue weighted by molar-refractivity contribution is 0.0696. The number of carboxylic acids is 1. The van der Waals surface area contributed by atoms with Crippen molar-refractivity contribution >= 4 is 27.5 Å². The maximum absolute atomic E-state index is 11.1. The molecule has 5 heteroatoms. The van der Waals surface area contributed by atoms with Crippen molar-refractivity contribution < 1.29 is 14.6 Å². The number of carboxylic acid groups (broad SMARTS) is 1. The molecule has 0 fully saturated rings. The van der Waals surface area contributed by atoms with E-state index >= 15 is 0 Å². The van der Waals surface area contributed by atoms with E-state index in [2.05, 4.69) is 4.98 Å². The number of carbonyl (C=O) groups is 1. The Balaban J connectivity index is 2.42. The average molecular weight is 221 g/mol. The van der Waals surface area contributed by atoms with E-state index < -0.39 is 5.97 Å². The fourth-order valence-electron chi connectivity index (χ4n) is 1.86. The third-order valence-corrected chi connectivity index (χ3v) is 3.29. The minimum Gasteiger partial charge on any atom is -0.491 e. The fraction of sp³-hybridized carbons (Fsp3) is 0.200. The molecule has 0 amide bonds. The Labute approximate surface area is 89.1 Å². The van der Waals surface area contributed by atoms with E-state index in [0.717, 1.165) is 15.8 Å². The average Bonchev–Trinajstić information content (AvgIpc) is 2.83. The number of aromatic nitrogens is 1. The SMILES string of the molecule is O=C(O)c1cc2scnc2c2c1CCO2. The van der Waals surface area contributed by atoms with Crippen LogP contribution in [0.25, 0.3) is 10.2 Å². The minimum atomic E-state index is -0.896. The topological polar surface area (TPSA) is 59.4 Å². The number of nitrogens with zero attached hydrogens (tertiary/aromatic N) is 1. The maximum Gasteiger partial charge on any atom is 0.336 e. The van der Waals surface area contributed by atoms with E-state index in [0.29, 0.717) is 24.3 Å². The summed E-state index contributed by atoms with van der Waals surface area (Å²) < 4.78 is 6.31. The molecule has 1 aromatic carbocycles. The molecular formula is C10H7NO3S. The van der Waals surface area contributed by atoms with Gasteiger partial charge in [-0.25, -0.2) is 9.78 Å². The molecule has 0 saturated carbocycles. The summed E-state index contributed by atoms with van der Waals surface area (Å²) in [6.45, 7) is 0.548. The molecule has 0 atom stereocenters. The lowest BCUT2D eigenvalue weighted by Gasteiger charge is -2.03. The molecule has 1 aromatic heterocycles. The van der Waals surface area contributed by atoms with Gasteiger partial charge in [0.25, 0.3) is 0 Å². The molecule has 0 unspecified atom stereocenters. The molecule has 4 nitrogen and oxygen atoms in total. The van der Waals surface area contributed by atoms with Gasteiger partial charge in [0.1, 0.15) is 5.52 Å². The Morgan fingerprint density at radius 2 is 2.47 bits per heavy atom. The summed E-state index contributed by atoms with van der Waals surface area (Å²) in [5.41, 5.74) is 3.62. The highest BCUT2D eigenvalue weighted by Gasteiger charge is 2.24. The number of hydrogen-bond donors (Lipinski definition) is 1. The number of rotatable bonds is 1. The molecule has 2 aromatic rings. The van der Waals surface area contributed by atoms with Crippen LogP contribution >= 0.6 is 11.3 Å². The van der Waals surface area contributed by atoms with E-state index in [1.54, 1.807) is 11.6 Å². The molecule has 3 rings (SSSR count). The van der Waals surface area contributed by atoms with Crippen LogP contribution < -0.4 is 4.74 Å². The molecule has 15 heavy (non-hydrogen) atoms. The fourth-order valence-corrected chi connectivity index (χ4v) is 2.58. The summed E-state index contributed by atoms with van der Waals surface area (Å²) in [4.78, 5) is 15.2. The lowest BCUT2D eigenvalue weighted by Crippen LogP contribution is -2.00. The van der Waals surface area contributed by atoms with Crippen molar-refractivity contribution in [1.29, 1.82) is 0 Å². The third-order valence-electron chi connectivity index (χ3n) is 2.51. The molecule has 0 radical (unpaired) electrons. The van der Waals surface area contributed by atoms with Gasteiger partial charge in [-0.2, -0.15) is 0 Å². The van der Waals surface area contributed by atoms with Crippen LogP contribution in [-0.2, 0) is 6.42 Å². The summed E-state index contributed by atoms with van der Waals surface area (Å²) in [6, 6.07) is 1.68. The number of thiazole rings is 1. The smallest absolute Gasteiger partial charge is 0.336 e. The molecule has 2 heterocycles. The highest BCUT2D eigenvalue weighted by atomic mass is 32.1. The van der Waals surface area contributed by atoms with Crippen LogP contribution in [0.1, 0.15) is 15.9 Å². The second-order valence-electron chi connectivity index (χ2n) is 3.33. The second-order valence-corrected chi connectivity index (χ2v) is 4.22. The lowest BCUT2D eigenvalue weighted by atomic mass is 10.0. The molecule has 0 spiro atoms. The molecule has 1 aliphatic rings. The van der Waals surface area contributed by atoms with Crippen molar-refractivity contribution in [2.45, 2.75) is 6.42 Å². The first-order valence-electron chi connectivity index (χ1n) is 4.52. The van der Waals surface area contributed by atoms with E-state index in [1.807, 2.05) is 0 Å². The Morgan fingerprint density at radius 3 is 3.27 bits per heavy atom. The summed E-state index contributed by atoms with van der Waals surface area (Å²) in [6.07, 6.45) is 0.657. The second kappa shape index (κ2) is 2.93. The van der Waals surface area contributed by atoms with E-state index in [4.69, 9.17) is 9.84 Å². The van der Waals surface area contributed by atoms with Crippen LogP contribution in [-0.4, -0.2) is 22.7 Å². The number of aromatic carboxylic acids is 1. The zero-order chi connectivity index (χ0) is 10.4. The van der Waals surface area contributed by atoms with Gasteiger partial charge in [0, 0.05) is 12.0 Å². The van der Waals surface area contributed by atoms with Gasteiger partial charge in [0.2, 0.25) is 0 Å². The van der Waals surface area contributed by atoms with Gasteiger partial charge in [-0.05, 0) is 6.07 Å². The summed E-state index contributed by atoms with van der Waals surface area (Å²) in [5.74, 6) is -0.238. The Kier molecular flexibility index (Phi) is 1.70. The monoisotopic (exact) mass is 221 g/mol. The zero-order valence-electron chi connectivity index (χ0n) is 7.69. The number of ether oxygens (including phenoxy) is 1. The largest absolute Gasteiger partial charge is 0.491 e. The first-order chi connectivity index (χ1) is 7.27. The summed E-state index contributed by atoms with van der Waals surface area (Å²) in [5, 5.41) is 9.07. The van der Waals surface area contributed by atoms with E-state index in [1.165, 1.54) is 11.3 Å². The number of hydrogen-bond acceptors (Lipinski definition) is 4. The summed E-state index contributed by atoms with van der Waals surface area (Å²) in [7, 11) is 0. The van der Waals surface area contributed by atoms with Crippen molar-refractivity contribution in [3.05, 3.63) is 22.7 Å². The molecule has 0 aliphatic carbocycles. The Bertz CT molecular complexity index is 561. The Hall–Kier alpha value is -1.62. The van der Waals surface area contributed by atoms with Gasteiger partial charge < -0.3 is 9.84 Å². The molecule has 0 saturated heterocycles. The van der Waals surface area contributed by atoms with Gasteiger partial charge in [-0.1, -0.05) is 0 Å². The van der Waals surface area contributed by atoms with Crippen LogP contribution in [0.3, 0.4) is 0 Å². The standard InChI is InChI=1S/C10H7NO3S/c12-10(13)6-3-7-8(11-4-15-7)9-5(6)1-2-14-9/h3-4H,1-2H2,(H,12,13). The molecule has 1 N–H and O–H groups in total. The van der Waals surface area contributed by atoms with Crippen LogP contribution in [0.2, 0.25) is 0 Å². The van der Waals surface area contributed by atoms with Crippen molar-refractivity contribution in [3.63, 3.8) is 0 Å². The first-order valence-corrected chi connectivity index (χ1v) is 5.40. The minimum absolute atomic E-state index is 0.347. The van der Waals surface area contributed by atoms with Crippen molar-refractivity contribution in [1.82, 2.24) is 4.98 Å². The van der Waals surface area contributed by atoms with Crippen LogP contribution in [0.5, 0.6) is 5.75 Å². The predicted octanol–water partition coefficient (Wildman–Crippen LogP) is 1.93. The normalized spacial score (nSPS) is 13.9. The molecule has 1 aliphatic heterocycles. The van der Waals surface area contributed by atoms with E-state index in [9.17, 15) is 4.79 Å². The van der Waals surface area contributed by atoms with Crippen molar-refractivity contribution in [3.8, 4) is 5.75 Å². The van der Waals surface area contributed by atoms with Gasteiger partial charge in [-0.3, -0.25) is 0 Å². The predicted molar refractivity (Wildman–Crippen MR) is 55.8 cm³/mol. The van der Waals surface area contributed by atoms with Crippen molar-refractivity contribution in [2.75, 3.05) is 6.61 Å². The summed E-state index contributed by atoms with van der Waals surface area (Å²) >= 11 is 1.43. The van der Waals surface area contributed by atoms with Crippen LogP contribution in [0, 0.1) is 0 Å². The Morgan fingerprint density at radius 1 is 1.60 bits per heavy atom. The van der Waals surface area contributed by atoms with Crippen molar-refractivity contribution in [2.24, 2.45) is 0 Å². The van der Waals surface area contributed by atoms with E-state index in [-0.39, 0.29) is 0 Å². The van der Waals surface area contributed by atoms with Crippen LogP contribution in [0.15, 0.2) is 11.6 Å². The molecular weight excluding hydrogens is 214 g/mol. The molecule has 0 bridgehead atoms. The quantitative estimate of drug-likeness (QED) is 0.799. The maximum atomic E-state index is 11.1. The van der Waals surface area contributed by atoms with Crippen LogP contribution in [0.4, 0.5) is 0 Å².